The zero-order valence-corrected chi connectivity index (χ0v) is 15.4. The summed E-state index contributed by atoms with van der Waals surface area (Å²) in [6.45, 7) is 3.49. The summed E-state index contributed by atoms with van der Waals surface area (Å²) in [5, 5.41) is 2.90. The number of rotatable bonds is 6. The van der Waals surface area contributed by atoms with Gasteiger partial charge in [0.1, 0.15) is 0 Å². The number of amides is 1. The Balaban J connectivity index is 1.45. The second kappa shape index (κ2) is 8.44. The van der Waals surface area contributed by atoms with E-state index in [-0.39, 0.29) is 5.91 Å². The molecular weight excluding hydrogens is 350 g/mol. The maximum atomic E-state index is 12.6. The topological polar surface area (TPSA) is 69.7 Å². The van der Waals surface area contributed by atoms with Crippen LogP contribution in [-0.4, -0.2) is 62.8 Å². The summed E-state index contributed by atoms with van der Waals surface area (Å²) in [5.74, 6) is -0.0871. The van der Waals surface area contributed by atoms with E-state index >= 15 is 0 Å². The molecule has 1 fully saturated rings. The van der Waals surface area contributed by atoms with Crippen LogP contribution in [0, 0.1) is 0 Å². The number of sulfonamides is 1. The van der Waals surface area contributed by atoms with Crippen molar-refractivity contribution in [3.05, 3.63) is 66.2 Å². The first-order valence-corrected chi connectivity index (χ1v) is 10.1. The minimum absolute atomic E-state index is 0.0871. The average molecular weight is 373 g/mol. The van der Waals surface area contributed by atoms with Crippen molar-refractivity contribution < 1.29 is 13.2 Å². The van der Waals surface area contributed by atoms with E-state index in [9.17, 15) is 13.2 Å². The Hall–Kier alpha value is -2.22. The molecule has 1 aliphatic rings. The van der Waals surface area contributed by atoms with E-state index in [0.717, 1.165) is 0 Å². The summed E-state index contributed by atoms with van der Waals surface area (Å²) in [7, 11) is -3.42. The Morgan fingerprint density at radius 3 is 2.08 bits per heavy atom. The van der Waals surface area contributed by atoms with Crippen LogP contribution in [0.25, 0.3) is 0 Å². The summed E-state index contributed by atoms with van der Waals surface area (Å²) in [6, 6.07) is 17.6. The van der Waals surface area contributed by atoms with Crippen molar-refractivity contribution >= 4 is 15.9 Å². The van der Waals surface area contributed by atoms with Gasteiger partial charge in [-0.25, -0.2) is 8.42 Å². The zero-order valence-electron chi connectivity index (χ0n) is 14.5. The van der Waals surface area contributed by atoms with Gasteiger partial charge >= 0.3 is 0 Å². The molecule has 0 aromatic heterocycles. The van der Waals surface area contributed by atoms with Gasteiger partial charge in [0.25, 0.3) is 5.91 Å². The summed E-state index contributed by atoms with van der Waals surface area (Å²) >= 11 is 0. The standard InChI is InChI=1S/C19H23N3O3S/c23-19(17-7-3-1-4-8-17)20-11-12-21-13-15-22(16-14-21)26(24,25)18-9-5-2-6-10-18/h1-10H,11-16H2,(H,20,23). The SMILES string of the molecule is O=C(NCCN1CCN(S(=O)(=O)c2ccccc2)CC1)c1ccccc1. The van der Waals surface area contributed by atoms with E-state index < -0.39 is 10.0 Å². The molecule has 1 amide bonds. The molecule has 0 aliphatic carbocycles. The van der Waals surface area contributed by atoms with Gasteiger partial charge < -0.3 is 5.32 Å². The number of hydrogen-bond acceptors (Lipinski definition) is 4. The van der Waals surface area contributed by atoms with E-state index in [2.05, 4.69) is 10.2 Å². The Morgan fingerprint density at radius 2 is 1.46 bits per heavy atom. The third kappa shape index (κ3) is 4.49. The lowest BCUT2D eigenvalue weighted by Gasteiger charge is -2.33. The highest BCUT2D eigenvalue weighted by atomic mass is 32.2. The Kier molecular flexibility index (Phi) is 6.03. The molecule has 6 nitrogen and oxygen atoms in total. The summed E-state index contributed by atoms with van der Waals surface area (Å²) in [4.78, 5) is 14.5. The second-order valence-electron chi connectivity index (χ2n) is 6.18. The van der Waals surface area contributed by atoms with Crippen LogP contribution in [-0.2, 0) is 10.0 Å². The maximum Gasteiger partial charge on any atom is 0.251 e. The molecule has 1 heterocycles. The van der Waals surface area contributed by atoms with Crippen molar-refractivity contribution in [1.82, 2.24) is 14.5 Å². The number of hydrogen-bond donors (Lipinski definition) is 1. The molecule has 1 saturated heterocycles. The smallest absolute Gasteiger partial charge is 0.251 e. The minimum atomic E-state index is -3.42. The van der Waals surface area contributed by atoms with Gasteiger partial charge in [0.15, 0.2) is 0 Å². The van der Waals surface area contributed by atoms with Crippen LogP contribution in [0.2, 0.25) is 0 Å². The van der Waals surface area contributed by atoms with Crippen molar-refractivity contribution in [2.75, 3.05) is 39.3 Å². The molecule has 1 aliphatic heterocycles. The highest BCUT2D eigenvalue weighted by molar-refractivity contribution is 7.89. The number of carbonyl (C=O) groups excluding carboxylic acids is 1. The van der Waals surface area contributed by atoms with E-state index in [0.29, 0.717) is 49.7 Å². The van der Waals surface area contributed by atoms with E-state index in [1.165, 1.54) is 4.31 Å². The first-order chi connectivity index (χ1) is 12.6. The molecule has 2 aromatic carbocycles. The Labute approximate surface area is 154 Å². The fourth-order valence-electron chi connectivity index (χ4n) is 2.95. The van der Waals surface area contributed by atoms with Gasteiger partial charge in [0.2, 0.25) is 10.0 Å². The molecule has 0 atom stereocenters. The molecular formula is C19H23N3O3S. The molecule has 0 radical (unpaired) electrons. The number of piperazine rings is 1. The fraction of sp³-hybridized carbons (Fsp3) is 0.316. The van der Waals surface area contributed by atoms with Crippen molar-refractivity contribution in [1.29, 1.82) is 0 Å². The second-order valence-corrected chi connectivity index (χ2v) is 8.12. The van der Waals surface area contributed by atoms with E-state index in [4.69, 9.17) is 0 Å². The van der Waals surface area contributed by atoms with Crippen molar-refractivity contribution in [2.45, 2.75) is 4.90 Å². The first kappa shape index (κ1) is 18.6. The normalized spacial score (nSPS) is 16.3. The number of carbonyl (C=O) groups is 1. The summed E-state index contributed by atoms with van der Waals surface area (Å²) in [6.07, 6.45) is 0. The van der Waals surface area contributed by atoms with Gasteiger partial charge in [-0.15, -0.1) is 0 Å². The van der Waals surface area contributed by atoms with Crippen LogP contribution in [0.15, 0.2) is 65.6 Å². The molecule has 0 unspecified atom stereocenters. The van der Waals surface area contributed by atoms with Crippen LogP contribution < -0.4 is 5.32 Å². The van der Waals surface area contributed by atoms with Crippen LogP contribution >= 0.6 is 0 Å². The van der Waals surface area contributed by atoms with E-state index in [1.54, 1.807) is 42.5 Å². The van der Waals surface area contributed by atoms with Crippen molar-refractivity contribution in [2.24, 2.45) is 0 Å². The Bertz CT molecular complexity index is 818. The van der Waals surface area contributed by atoms with Crippen LogP contribution in [0.1, 0.15) is 10.4 Å². The predicted octanol–water partition coefficient (Wildman–Crippen LogP) is 1.42. The molecule has 26 heavy (non-hydrogen) atoms. The Morgan fingerprint density at radius 1 is 0.885 bits per heavy atom. The summed E-state index contributed by atoms with van der Waals surface area (Å²) < 4.78 is 26.7. The predicted molar refractivity (Wildman–Crippen MR) is 100 cm³/mol. The first-order valence-electron chi connectivity index (χ1n) is 8.68. The molecule has 138 valence electrons. The highest BCUT2D eigenvalue weighted by Gasteiger charge is 2.28. The van der Waals surface area contributed by atoms with Crippen molar-refractivity contribution in [3.8, 4) is 0 Å². The minimum Gasteiger partial charge on any atom is -0.351 e. The largest absolute Gasteiger partial charge is 0.351 e. The number of nitrogens with zero attached hydrogens (tertiary/aromatic N) is 2. The lowest BCUT2D eigenvalue weighted by molar-refractivity contribution is 0.0945. The van der Waals surface area contributed by atoms with Gasteiger partial charge in [-0.2, -0.15) is 4.31 Å². The number of benzene rings is 2. The summed E-state index contributed by atoms with van der Waals surface area (Å²) in [5.41, 5.74) is 0.645. The third-order valence-electron chi connectivity index (χ3n) is 4.46. The molecule has 2 aromatic rings. The molecule has 0 bridgehead atoms. The van der Waals surface area contributed by atoms with Crippen molar-refractivity contribution in [3.63, 3.8) is 0 Å². The van der Waals surface area contributed by atoms with Gasteiger partial charge in [0.05, 0.1) is 4.90 Å². The lowest BCUT2D eigenvalue weighted by Crippen LogP contribution is -2.50. The molecule has 3 rings (SSSR count). The third-order valence-corrected chi connectivity index (χ3v) is 6.37. The quantitative estimate of drug-likeness (QED) is 0.832. The number of nitrogens with one attached hydrogen (secondary N) is 1. The average Bonchev–Trinajstić information content (AvgIpc) is 2.69. The fourth-order valence-corrected chi connectivity index (χ4v) is 4.40. The molecule has 0 spiro atoms. The highest BCUT2D eigenvalue weighted by Crippen LogP contribution is 2.16. The van der Waals surface area contributed by atoms with Gasteiger partial charge in [0, 0.05) is 44.8 Å². The lowest BCUT2D eigenvalue weighted by atomic mass is 10.2. The van der Waals surface area contributed by atoms with Crippen LogP contribution in [0.3, 0.4) is 0 Å². The van der Waals surface area contributed by atoms with Crippen LogP contribution in [0.5, 0.6) is 0 Å². The maximum absolute atomic E-state index is 12.6. The van der Waals surface area contributed by atoms with Gasteiger partial charge in [-0.1, -0.05) is 36.4 Å². The molecule has 7 heteroatoms. The van der Waals surface area contributed by atoms with Gasteiger partial charge in [-0.3, -0.25) is 9.69 Å². The molecule has 0 saturated carbocycles. The monoisotopic (exact) mass is 373 g/mol. The van der Waals surface area contributed by atoms with E-state index in [1.807, 2.05) is 18.2 Å². The van der Waals surface area contributed by atoms with Crippen LogP contribution in [0.4, 0.5) is 0 Å². The van der Waals surface area contributed by atoms with Gasteiger partial charge in [-0.05, 0) is 24.3 Å². The zero-order chi connectivity index (χ0) is 18.4. The molecule has 1 N–H and O–H groups in total.